The first-order valence-corrected chi connectivity index (χ1v) is 9.49. The van der Waals surface area contributed by atoms with Crippen molar-refractivity contribution in [2.45, 2.75) is 6.42 Å². The number of carbonyl (C=O) groups is 1. The number of methoxy groups -OCH3 is 1. The highest BCUT2D eigenvalue weighted by molar-refractivity contribution is 5.79. The Morgan fingerprint density at radius 3 is 2.57 bits per heavy atom. The Morgan fingerprint density at radius 2 is 1.82 bits per heavy atom. The van der Waals surface area contributed by atoms with Crippen molar-refractivity contribution in [3.63, 3.8) is 0 Å². The van der Waals surface area contributed by atoms with Gasteiger partial charge < -0.3 is 14.5 Å². The van der Waals surface area contributed by atoms with Gasteiger partial charge in [0, 0.05) is 32.2 Å². The molecule has 1 aliphatic heterocycles. The van der Waals surface area contributed by atoms with E-state index in [2.05, 4.69) is 33.3 Å². The summed E-state index contributed by atoms with van der Waals surface area (Å²) >= 11 is 0. The highest BCUT2D eigenvalue weighted by Crippen LogP contribution is 2.22. The van der Waals surface area contributed by atoms with Gasteiger partial charge in [0.25, 0.3) is 0 Å². The zero-order valence-electron chi connectivity index (χ0n) is 16.0. The van der Waals surface area contributed by atoms with Gasteiger partial charge >= 0.3 is 0 Å². The normalized spacial score (nSPS) is 14.2. The SMILES string of the molecule is COc1cccc(CC(=O)N2CCN(c3cc(-c4ccccc4)[nH]n3)CC2)c1. The Kier molecular flexibility index (Phi) is 5.28. The summed E-state index contributed by atoms with van der Waals surface area (Å²) in [5, 5.41) is 7.57. The molecule has 28 heavy (non-hydrogen) atoms. The average Bonchev–Trinajstić information content (AvgIpc) is 3.25. The summed E-state index contributed by atoms with van der Waals surface area (Å²) in [4.78, 5) is 16.8. The smallest absolute Gasteiger partial charge is 0.227 e. The second kappa shape index (κ2) is 8.17. The van der Waals surface area contributed by atoms with Crippen LogP contribution in [0.25, 0.3) is 11.3 Å². The molecule has 1 saturated heterocycles. The zero-order valence-corrected chi connectivity index (χ0v) is 16.0. The van der Waals surface area contributed by atoms with Crippen molar-refractivity contribution in [2.24, 2.45) is 0 Å². The van der Waals surface area contributed by atoms with Crippen LogP contribution < -0.4 is 9.64 Å². The minimum absolute atomic E-state index is 0.153. The fraction of sp³-hybridized carbons (Fsp3) is 0.273. The molecule has 0 radical (unpaired) electrons. The number of aromatic amines is 1. The van der Waals surface area contributed by atoms with Crippen molar-refractivity contribution in [1.29, 1.82) is 0 Å². The predicted molar refractivity (Wildman–Crippen MR) is 110 cm³/mol. The van der Waals surface area contributed by atoms with Crippen LogP contribution in [0.1, 0.15) is 5.56 Å². The second-order valence-corrected chi connectivity index (χ2v) is 6.90. The maximum Gasteiger partial charge on any atom is 0.227 e. The molecule has 1 aliphatic rings. The highest BCUT2D eigenvalue weighted by atomic mass is 16.5. The molecule has 1 N–H and O–H groups in total. The van der Waals surface area contributed by atoms with Crippen LogP contribution >= 0.6 is 0 Å². The van der Waals surface area contributed by atoms with E-state index in [0.717, 1.165) is 41.5 Å². The van der Waals surface area contributed by atoms with Gasteiger partial charge in [0.05, 0.1) is 19.2 Å². The number of aromatic nitrogens is 2. The number of nitrogens with one attached hydrogen (secondary N) is 1. The van der Waals surface area contributed by atoms with E-state index in [1.54, 1.807) is 7.11 Å². The van der Waals surface area contributed by atoms with E-state index in [-0.39, 0.29) is 5.91 Å². The third-order valence-corrected chi connectivity index (χ3v) is 5.10. The summed E-state index contributed by atoms with van der Waals surface area (Å²) in [7, 11) is 1.64. The molecule has 0 unspecified atom stereocenters. The fourth-order valence-corrected chi connectivity index (χ4v) is 3.49. The number of amides is 1. The van der Waals surface area contributed by atoms with Gasteiger partial charge in [-0.15, -0.1) is 0 Å². The molecule has 2 heterocycles. The lowest BCUT2D eigenvalue weighted by Gasteiger charge is -2.34. The number of benzene rings is 2. The Morgan fingerprint density at radius 1 is 1.04 bits per heavy atom. The molecule has 0 aliphatic carbocycles. The monoisotopic (exact) mass is 376 g/mol. The molecule has 0 saturated carbocycles. The third kappa shape index (κ3) is 4.01. The topological polar surface area (TPSA) is 61.5 Å². The van der Waals surface area contributed by atoms with Gasteiger partial charge in [0.15, 0.2) is 5.82 Å². The van der Waals surface area contributed by atoms with Crippen molar-refractivity contribution >= 4 is 11.7 Å². The number of nitrogens with zero attached hydrogens (tertiary/aromatic N) is 3. The van der Waals surface area contributed by atoms with E-state index in [1.165, 1.54) is 0 Å². The zero-order chi connectivity index (χ0) is 19.3. The quantitative estimate of drug-likeness (QED) is 0.744. The number of H-pyrrole nitrogens is 1. The summed E-state index contributed by atoms with van der Waals surface area (Å²) in [6, 6.07) is 19.9. The number of hydrogen-bond donors (Lipinski definition) is 1. The summed E-state index contributed by atoms with van der Waals surface area (Å²) in [5.41, 5.74) is 3.10. The fourth-order valence-electron chi connectivity index (χ4n) is 3.49. The first-order chi connectivity index (χ1) is 13.7. The molecule has 1 aromatic heterocycles. The van der Waals surface area contributed by atoms with Crippen molar-refractivity contribution in [1.82, 2.24) is 15.1 Å². The minimum atomic E-state index is 0.153. The molecule has 0 spiro atoms. The molecule has 6 nitrogen and oxygen atoms in total. The summed E-state index contributed by atoms with van der Waals surface area (Å²) in [6.07, 6.45) is 0.401. The van der Waals surface area contributed by atoms with Gasteiger partial charge in [-0.05, 0) is 23.3 Å². The standard InChI is InChI=1S/C22H24N4O2/c1-28-19-9-5-6-17(14-19)15-22(27)26-12-10-25(11-13-26)21-16-20(23-24-21)18-7-3-2-4-8-18/h2-9,14,16H,10-13,15H2,1H3,(H,23,24). The van der Waals surface area contributed by atoms with Gasteiger partial charge in [-0.1, -0.05) is 42.5 Å². The van der Waals surface area contributed by atoms with Crippen molar-refractivity contribution < 1.29 is 9.53 Å². The van der Waals surface area contributed by atoms with E-state index < -0.39 is 0 Å². The molecular formula is C22H24N4O2. The molecule has 2 aromatic carbocycles. The lowest BCUT2D eigenvalue weighted by Crippen LogP contribution is -2.49. The Labute approximate surface area is 164 Å². The minimum Gasteiger partial charge on any atom is -0.497 e. The third-order valence-electron chi connectivity index (χ3n) is 5.10. The molecule has 6 heteroatoms. The Hall–Kier alpha value is -3.28. The maximum absolute atomic E-state index is 12.6. The molecule has 4 rings (SSSR count). The van der Waals surface area contributed by atoms with Crippen LogP contribution in [-0.2, 0) is 11.2 Å². The van der Waals surface area contributed by atoms with Gasteiger partial charge in [0.1, 0.15) is 5.75 Å². The first-order valence-electron chi connectivity index (χ1n) is 9.49. The van der Waals surface area contributed by atoms with Crippen LogP contribution in [0.2, 0.25) is 0 Å². The first kappa shape index (κ1) is 18.1. The number of anilines is 1. The van der Waals surface area contributed by atoms with E-state index in [9.17, 15) is 4.79 Å². The Balaban J connectivity index is 1.34. The van der Waals surface area contributed by atoms with Gasteiger partial charge in [-0.2, -0.15) is 5.10 Å². The lowest BCUT2D eigenvalue weighted by atomic mass is 10.1. The maximum atomic E-state index is 12.6. The van der Waals surface area contributed by atoms with Gasteiger partial charge in [-0.25, -0.2) is 0 Å². The number of hydrogen-bond acceptors (Lipinski definition) is 4. The van der Waals surface area contributed by atoms with Crippen LogP contribution in [0.4, 0.5) is 5.82 Å². The van der Waals surface area contributed by atoms with E-state index in [0.29, 0.717) is 19.5 Å². The van der Waals surface area contributed by atoms with Crippen LogP contribution in [0.3, 0.4) is 0 Å². The lowest BCUT2D eigenvalue weighted by molar-refractivity contribution is -0.130. The van der Waals surface area contributed by atoms with E-state index >= 15 is 0 Å². The largest absolute Gasteiger partial charge is 0.497 e. The predicted octanol–water partition coefficient (Wildman–Crippen LogP) is 2.98. The van der Waals surface area contributed by atoms with Crippen LogP contribution in [0, 0.1) is 0 Å². The second-order valence-electron chi connectivity index (χ2n) is 6.90. The van der Waals surface area contributed by atoms with Crippen LogP contribution in [0.15, 0.2) is 60.7 Å². The molecule has 0 bridgehead atoms. The van der Waals surface area contributed by atoms with Crippen molar-refractivity contribution in [3.8, 4) is 17.0 Å². The van der Waals surface area contributed by atoms with Gasteiger partial charge in [0.2, 0.25) is 5.91 Å². The van der Waals surface area contributed by atoms with Crippen LogP contribution in [-0.4, -0.2) is 54.3 Å². The molecular weight excluding hydrogens is 352 g/mol. The summed E-state index contributed by atoms with van der Waals surface area (Å²) < 4.78 is 5.24. The number of carbonyl (C=O) groups excluding carboxylic acids is 1. The van der Waals surface area contributed by atoms with Gasteiger partial charge in [-0.3, -0.25) is 9.89 Å². The summed E-state index contributed by atoms with van der Waals surface area (Å²) in [5.74, 6) is 1.86. The molecule has 1 fully saturated rings. The number of ether oxygens (including phenoxy) is 1. The van der Waals surface area contributed by atoms with E-state index in [1.807, 2.05) is 47.4 Å². The highest BCUT2D eigenvalue weighted by Gasteiger charge is 2.23. The summed E-state index contributed by atoms with van der Waals surface area (Å²) in [6.45, 7) is 2.97. The molecule has 1 amide bonds. The van der Waals surface area contributed by atoms with E-state index in [4.69, 9.17) is 4.74 Å². The molecule has 3 aromatic rings. The average molecular weight is 376 g/mol. The van der Waals surface area contributed by atoms with Crippen molar-refractivity contribution in [3.05, 3.63) is 66.2 Å². The van der Waals surface area contributed by atoms with Crippen molar-refractivity contribution in [2.75, 3.05) is 38.2 Å². The van der Waals surface area contributed by atoms with Crippen LogP contribution in [0.5, 0.6) is 5.75 Å². The number of rotatable bonds is 5. The number of piperazine rings is 1. The molecule has 144 valence electrons. The Bertz CT molecular complexity index is 930. The molecule has 0 atom stereocenters.